The molecule has 2 heterocycles. The van der Waals surface area contributed by atoms with Crippen LogP contribution in [0.3, 0.4) is 0 Å². The molecule has 32 heavy (non-hydrogen) atoms. The zero-order chi connectivity index (χ0) is 23.0. The summed E-state index contributed by atoms with van der Waals surface area (Å²) in [6.45, 7) is 14.5. The van der Waals surface area contributed by atoms with E-state index in [2.05, 4.69) is 57.7 Å². The lowest BCUT2D eigenvalue weighted by atomic mass is 10.1. The highest BCUT2D eigenvalue weighted by Gasteiger charge is 2.28. The first kappa shape index (κ1) is 24.4. The molecule has 0 radical (unpaired) electrons. The molecule has 2 atom stereocenters. The Bertz CT molecular complexity index is 746. The van der Waals surface area contributed by atoms with Gasteiger partial charge in [0.05, 0.1) is 6.04 Å². The van der Waals surface area contributed by atoms with Gasteiger partial charge >= 0.3 is 6.09 Å². The van der Waals surface area contributed by atoms with E-state index >= 15 is 0 Å². The van der Waals surface area contributed by atoms with E-state index in [1.807, 2.05) is 20.8 Å². The number of nitrogens with one attached hydrogen (secondary N) is 2. The van der Waals surface area contributed by atoms with Crippen LogP contribution in [0.1, 0.15) is 46.1 Å². The van der Waals surface area contributed by atoms with Crippen molar-refractivity contribution < 1.29 is 9.53 Å². The highest BCUT2D eigenvalue weighted by Crippen LogP contribution is 2.18. The van der Waals surface area contributed by atoms with Gasteiger partial charge < -0.3 is 25.2 Å². The number of likely N-dealkylation sites (tertiary alicyclic amines) is 2. The fraction of sp³-hybridized carbons (Fsp3) is 0.680. The summed E-state index contributed by atoms with van der Waals surface area (Å²) in [4.78, 5) is 21.9. The molecule has 7 nitrogen and oxygen atoms in total. The van der Waals surface area contributed by atoms with Gasteiger partial charge in [-0.3, -0.25) is 4.99 Å². The van der Waals surface area contributed by atoms with Crippen LogP contribution in [0.4, 0.5) is 4.79 Å². The molecule has 0 aromatic heterocycles. The molecule has 2 unspecified atom stereocenters. The van der Waals surface area contributed by atoms with Crippen molar-refractivity contribution in [2.45, 2.75) is 58.6 Å². The standard InChI is InChI=1S/C25H41N5O2/c1-5-26-23(30-16-13-22(19-30)28-24(31)32-25(2,3)4)27-17-21-12-15-29(18-21)14-11-20-9-7-6-8-10-20/h6-10,21-22H,5,11-19H2,1-4H3,(H,26,27)(H,28,31). The SMILES string of the molecule is CCNC(=NCC1CCN(CCc2ccccc2)C1)N1CCC(NC(=O)OC(C)(C)C)C1. The molecule has 0 spiro atoms. The third-order valence-corrected chi connectivity index (χ3v) is 5.97. The second kappa shape index (κ2) is 11.5. The first-order valence-electron chi connectivity index (χ1n) is 12.1. The number of hydrogen-bond donors (Lipinski definition) is 2. The van der Waals surface area contributed by atoms with Crippen LogP contribution in [0.5, 0.6) is 0 Å². The largest absolute Gasteiger partial charge is 0.444 e. The number of ether oxygens (including phenoxy) is 1. The van der Waals surface area contributed by atoms with Crippen LogP contribution < -0.4 is 10.6 Å². The Kier molecular flexibility index (Phi) is 8.79. The fourth-order valence-electron chi connectivity index (χ4n) is 4.38. The molecule has 2 saturated heterocycles. The van der Waals surface area contributed by atoms with Gasteiger partial charge in [0.25, 0.3) is 0 Å². The number of aliphatic imine (C=N–C) groups is 1. The molecule has 2 aliphatic rings. The third-order valence-electron chi connectivity index (χ3n) is 5.97. The van der Waals surface area contributed by atoms with Gasteiger partial charge in [-0.15, -0.1) is 0 Å². The summed E-state index contributed by atoms with van der Waals surface area (Å²) in [5, 5.41) is 6.44. The minimum absolute atomic E-state index is 0.0914. The van der Waals surface area contributed by atoms with E-state index in [-0.39, 0.29) is 12.1 Å². The van der Waals surface area contributed by atoms with E-state index in [4.69, 9.17) is 9.73 Å². The lowest BCUT2D eigenvalue weighted by molar-refractivity contribution is 0.0507. The summed E-state index contributed by atoms with van der Waals surface area (Å²) in [6.07, 6.45) is 2.88. The first-order valence-corrected chi connectivity index (χ1v) is 12.1. The Balaban J connectivity index is 1.44. The maximum absolute atomic E-state index is 12.1. The van der Waals surface area contributed by atoms with Crippen LogP contribution in [-0.2, 0) is 11.2 Å². The van der Waals surface area contributed by atoms with E-state index in [1.165, 1.54) is 12.0 Å². The van der Waals surface area contributed by atoms with E-state index in [0.717, 1.165) is 64.6 Å². The van der Waals surface area contributed by atoms with Crippen LogP contribution in [-0.4, -0.2) is 79.3 Å². The van der Waals surface area contributed by atoms with Gasteiger partial charge in [-0.2, -0.15) is 0 Å². The summed E-state index contributed by atoms with van der Waals surface area (Å²) < 4.78 is 5.40. The van der Waals surface area contributed by atoms with Crippen molar-refractivity contribution in [2.75, 3.05) is 45.8 Å². The molecule has 3 rings (SSSR count). The Morgan fingerprint density at radius 2 is 1.94 bits per heavy atom. The van der Waals surface area contributed by atoms with Crippen molar-refractivity contribution in [1.29, 1.82) is 0 Å². The summed E-state index contributed by atoms with van der Waals surface area (Å²) in [5.74, 6) is 1.57. The molecule has 178 valence electrons. The minimum Gasteiger partial charge on any atom is -0.444 e. The van der Waals surface area contributed by atoms with Gasteiger partial charge in [-0.25, -0.2) is 4.79 Å². The maximum atomic E-state index is 12.1. The van der Waals surface area contributed by atoms with Crippen LogP contribution in [0.25, 0.3) is 0 Å². The predicted molar refractivity (Wildman–Crippen MR) is 130 cm³/mol. The summed E-state index contributed by atoms with van der Waals surface area (Å²) in [6, 6.07) is 10.8. The predicted octanol–water partition coefficient (Wildman–Crippen LogP) is 3.12. The van der Waals surface area contributed by atoms with Crippen molar-refractivity contribution in [3.05, 3.63) is 35.9 Å². The van der Waals surface area contributed by atoms with Crippen molar-refractivity contribution >= 4 is 12.1 Å². The van der Waals surface area contributed by atoms with Crippen molar-refractivity contribution in [1.82, 2.24) is 20.4 Å². The van der Waals surface area contributed by atoms with Gasteiger partial charge in [0, 0.05) is 39.3 Å². The lowest BCUT2D eigenvalue weighted by Gasteiger charge is -2.24. The Hall–Kier alpha value is -2.28. The molecule has 2 fully saturated rings. The molecule has 2 N–H and O–H groups in total. The van der Waals surface area contributed by atoms with Gasteiger partial charge in [-0.1, -0.05) is 30.3 Å². The molecule has 0 saturated carbocycles. The second-order valence-corrected chi connectivity index (χ2v) is 9.96. The number of hydrogen-bond acceptors (Lipinski definition) is 4. The van der Waals surface area contributed by atoms with Crippen molar-refractivity contribution in [2.24, 2.45) is 10.9 Å². The van der Waals surface area contributed by atoms with Gasteiger partial charge in [0.2, 0.25) is 0 Å². The van der Waals surface area contributed by atoms with Crippen LogP contribution >= 0.6 is 0 Å². The topological polar surface area (TPSA) is 69.2 Å². The Morgan fingerprint density at radius 3 is 2.66 bits per heavy atom. The normalized spacial score (nSPS) is 22.2. The first-order chi connectivity index (χ1) is 15.3. The molecule has 1 aromatic carbocycles. The summed E-state index contributed by atoms with van der Waals surface area (Å²) in [5.41, 5.74) is 0.932. The maximum Gasteiger partial charge on any atom is 0.407 e. The third kappa shape index (κ3) is 8.01. The second-order valence-electron chi connectivity index (χ2n) is 9.96. The molecular weight excluding hydrogens is 402 g/mol. The Labute approximate surface area is 193 Å². The molecule has 2 aliphatic heterocycles. The van der Waals surface area contributed by atoms with E-state index in [1.54, 1.807) is 0 Å². The molecule has 7 heteroatoms. The molecule has 0 aliphatic carbocycles. The highest BCUT2D eigenvalue weighted by atomic mass is 16.6. The summed E-state index contributed by atoms with van der Waals surface area (Å²) in [7, 11) is 0. The number of carbonyl (C=O) groups excluding carboxylic acids is 1. The van der Waals surface area contributed by atoms with Gasteiger partial charge in [0.1, 0.15) is 5.60 Å². The van der Waals surface area contributed by atoms with Gasteiger partial charge in [0.15, 0.2) is 5.96 Å². The smallest absolute Gasteiger partial charge is 0.407 e. The Morgan fingerprint density at radius 1 is 1.16 bits per heavy atom. The number of benzene rings is 1. The van der Waals surface area contributed by atoms with Gasteiger partial charge in [-0.05, 0) is 65.0 Å². The van der Waals surface area contributed by atoms with Crippen LogP contribution in [0, 0.1) is 5.92 Å². The van der Waals surface area contributed by atoms with E-state index < -0.39 is 5.60 Å². The van der Waals surface area contributed by atoms with E-state index in [0.29, 0.717) is 5.92 Å². The molecule has 0 bridgehead atoms. The lowest BCUT2D eigenvalue weighted by Crippen LogP contribution is -2.44. The number of carbonyl (C=O) groups is 1. The summed E-state index contributed by atoms with van der Waals surface area (Å²) >= 11 is 0. The number of amides is 1. The highest BCUT2D eigenvalue weighted by molar-refractivity contribution is 5.80. The number of nitrogens with zero attached hydrogens (tertiary/aromatic N) is 3. The van der Waals surface area contributed by atoms with Crippen LogP contribution in [0.15, 0.2) is 35.3 Å². The average Bonchev–Trinajstić information content (AvgIpc) is 3.38. The van der Waals surface area contributed by atoms with Crippen molar-refractivity contribution in [3.8, 4) is 0 Å². The average molecular weight is 444 g/mol. The fourth-order valence-corrected chi connectivity index (χ4v) is 4.38. The number of alkyl carbamates (subject to hydrolysis) is 1. The molecule has 1 amide bonds. The van der Waals surface area contributed by atoms with Crippen LogP contribution in [0.2, 0.25) is 0 Å². The van der Waals surface area contributed by atoms with E-state index in [9.17, 15) is 4.79 Å². The zero-order valence-electron chi connectivity index (χ0n) is 20.3. The monoisotopic (exact) mass is 443 g/mol. The molecule has 1 aromatic rings. The van der Waals surface area contributed by atoms with Crippen molar-refractivity contribution in [3.63, 3.8) is 0 Å². The minimum atomic E-state index is -0.477. The number of guanidine groups is 1. The molecular formula is C25H41N5O2. The zero-order valence-corrected chi connectivity index (χ0v) is 20.3. The number of rotatable bonds is 7. The quantitative estimate of drug-likeness (QED) is 0.501.